The monoisotopic (exact) mass is 314 g/mol. The van der Waals surface area contributed by atoms with Crippen molar-refractivity contribution < 1.29 is 0 Å². The van der Waals surface area contributed by atoms with Gasteiger partial charge in [0.2, 0.25) is 0 Å². The maximum Gasteiger partial charge on any atom is 0.173 e. The molecule has 3 aromatic rings. The molecular weight excluding hydrogens is 296 g/mol. The van der Waals surface area contributed by atoms with Crippen molar-refractivity contribution in [2.45, 2.75) is 6.04 Å². The summed E-state index contributed by atoms with van der Waals surface area (Å²) in [7, 11) is 4.16. The minimum atomic E-state index is 0.301. The Hall–Kier alpha value is -2.25. The summed E-state index contributed by atoms with van der Waals surface area (Å²) < 4.78 is 1.70. The van der Waals surface area contributed by atoms with Gasteiger partial charge in [0, 0.05) is 23.8 Å². The molecule has 0 saturated heterocycles. The first-order valence-electron chi connectivity index (χ1n) is 7.00. The van der Waals surface area contributed by atoms with Crippen LogP contribution in [0, 0.1) is 0 Å². The van der Waals surface area contributed by atoms with Gasteiger partial charge in [0.05, 0.1) is 18.4 Å². The lowest BCUT2D eigenvalue weighted by atomic mass is 10.2. The van der Waals surface area contributed by atoms with Crippen molar-refractivity contribution in [1.82, 2.24) is 24.6 Å². The van der Waals surface area contributed by atoms with Crippen LogP contribution in [0.1, 0.15) is 10.9 Å². The van der Waals surface area contributed by atoms with E-state index in [0.29, 0.717) is 11.9 Å². The fraction of sp³-hybridized carbons (Fsp3) is 0.267. The average Bonchev–Trinajstić information content (AvgIpc) is 3.21. The first-order chi connectivity index (χ1) is 10.7. The van der Waals surface area contributed by atoms with Gasteiger partial charge in [-0.2, -0.15) is 5.10 Å². The first-order valence-corrected chi connectivity index (χ1v) is 7.88. The molecule has 0 fully saturated rings. The fourth-order valence-electron chi connectivity index (χ4n) is 2.18. The third-order valence-corrected chi connectivity index (χ3v) is 4.31. The maximum absolute atomic E-state index is 4.54. The van der Waals surface area contributed by atoms with Gasteiger partial charge in [-0.3, -0.25) is 4.98 Å². The molecule has 0 aliphatic carbocycles. The Morgan fingerprint density at radius 1 is 1.32 bits per heavy atom. The molecule has 3 rings (SSSR count). The highest BCUT2D eigenvalue weighted by Crippen LogP contribution is 2.23. The summed E-state index contributed by atoms with van der Waals surface area (Å²) >= 11 is 1.76. The van der Waals surface area contributed by atoms with Crippen molar-refractivity contribution in [2.24, 2.45) is 0 Å². The molecule has 0 radical (unpaired) electrons. The van der Waals surface area contributed by atoms with Gasteiger partial charge in [-0.1, -0.05) is 6.07 Å². The van der Waals surface area contributed by atoms with Crippen LogP contribution >= 0.6 is 11.3 Å². The Kier molecular flexibility index (Phi) is 4.45. The number of hydrogen-bond acceptors (Lipinski definition) is 6. The molecule has 7 heteroatoms. The second kappa shape index (κ2) is 6.67. The van der Waals surface area contributed by atoms with E-state index in [9.17, 15) is 0 Å². The summed E-state index contributed by atoms with van der Waals surface area (Å²) in [6.45, 7) is 0.769. The van der Waals surface area contributed by atoms with E-state index in [-0.39, 0.29) is 0 Å². The topological polar surface area (TPSA) is 58.9 Å². The smallest absolute Gasteiger partial charge is 0.173 e. The zero-order valence-corrected chi connectivity index (χ0v) is 13.4. The van der Waals surface area contributed by atoms with Crippen LogP contribution in [0.15, 0.2) is 48.4 Å². The summed E-state index contributed by atoms with van der Waals surface area (Å²) in [5, 5.41) is 9.64. The van der Waals surface area contributed by atoms with Crippen molar-refractivity contribution in [1.29, 1.82) is 0 Å². The van der Waals surface area contributed by atoms with Crippen LogP contribution in [0.2, 0.25) is 0 Å². The molecule has 3 aromatic heterocycles. The van der Waals surface area contributed by atoms with Crippen molar-refractivity contribution in [3.8, 4) is 5.82 Å². The number of nitrogens with one attached hydrogen (secondary N) is 1. The van der Waals surface area contributed by atoms with Gasteiger partial charge in [-0.15, -0.1) is 11.3 Å². The van der Waals surface area contributed by atoms with E-state index in [2.05, 4.69) is 56.9 Å². The molecule has 0 unspecified atom stereocenters. The van der Waals surface area contributed by atoms with Crippen molar-refractivity contribution >= 4 is 17.2 Å². The third kappa shape index (κ3) is 3.32. The molecule has 6 nitrogen and oxygen atoms in total. The number of likely N-dealkylation sites (N-methyl/N-ethyl adjacent to an activating group) is 1. The molecule has 0 amide bonds. The van der Waals surface area contributed by atoms with Crippen molar-refractivity contribution in [3.63, 3.8) is 0 Å². The fourth-order valence-corrected chi connectivity index (χ4v) is 3.10. The predicted molar refractivity (Wildman–Crippen MR) is 88.4 cm³/mol. The number of nitrogens with zero attached hydrogens (tertiary/aromatic N) is 5. The number of rotatable bonds is 6. The minimum absolute atomic E-state index is 0.301. The number of anilines is 1. The molecular formula is C15H18N6S. The van der Waals surface area contributed by atoms with Crippen LogP contribution in [-0.4, -0.2) is 45.3 Å². The highest BCUT2D eigenvalue weighted by atomic mass is 32.1. The van der Waals surface area contributed by atoms with E-state index in [1.807, 2.05) is 12.3 Å². The summed E-state index contributed by atoms with van der Waals surface area (Å²) in [6.07, 6.45) is 7.00. The van der Waals surface area contributed by atoms with Gasteiger partial charge in [-0.25, -0.2) is 9.67 Å². The molecule has 22 heavy (non-hydrogen) atoms. The molecule has 0 aliphatic rings. The van der Waals surface area contributed by atoms with E-state index in [0.717, 1.165) is 12.4 Å². The third-order valence-electron chi connectivity index (χ3n) is 3.33. The summed E-state index contributed by atoms with van der Waals surface area (Å²) in [6, 6.07) is 6.40. The molecule has 0 bridgehead atoms. The largest absolute Gasteiger partial charge is 0.367 e. The number of aromatic nitrogens is 4. The van der Waals surface area contributed by atoms with Gasteiger partial charge < -0.3 is 10.2 Å². The van der Waals surface area contributed by atoms with Gasteiger partial charge in [0.1, 0.15) is 5.82 Å². The molecule has 114 valence electrons. The van der Waals surface area contributed by atoms with E-state index in [4.69, 9.17) is 0 Å². The van der Waals surface area contributed by atoms with Gasteiger partial charge in [0.15, 0.2) is 5.82 Å². The SMILES string of the molecule is CN(C)[C@H](CNc1cncc(-n2cccn2)n1)c1cccs1. The second-order valence-electron chi connectivity index (χ2n) is 5.09. The Morgan fingerprint density at radius 2 is 2.23 bits per heavy atom. The Balaban J connectivity index is 1.72. The molecule has 0 aliphatic heterocycles. The average molecular weight is 314 g/mol. The van der Waals surface area contributed by atoms with Gasteiger partial charge in [0.25, 0.3) is 0 Å². The van der Waals surface area contributed by atoms with E-state index in [1.54, 1.807) is 34.6 Å². The first kappa shape index (κ1) is 14.7. The zero-order chi connectivity index (χ0) is 15.4. The standard InChI is InChI=1S/C15H18N6S/c1-20(2)12(13-5-3-8-22-13)9-17-14-10-16-11-15(19-14)21-7-4-6-18-21/h3-8,10-12H,9H2,1-2H3,(H,17,19)/t12-/m1/s1. The molecule has 1 atom stereocenters. The molecule has 1 N–H and O–H groups in total. The lowest BCUT2D eigenvalue weighted by Gasteiger charge is -2.23. The van der Waals surface area contributed by atoms with Gasteiger partial charge in [-0.05, 0) is 31.6 Å². The van der Waals surface area contributed by atoms with E-state index >= 15 is 0 Å². The quantitative estimate of drug-likeness (QED) is 0.757. The number of hydrogen-bond donors (Lipinski definition) is 1. The Labute approximate surface area is 133 Å². The normalized spacial score (nSPS) is 12.5. The van der Waals surface area contributed by atoms with Crippen LogP contribution < -0.4 is 5.32 Å². The van der Waals surface area contributed by atoms with Crippen molar-refractivity contribution in [2.75, 3.05) is 26.0 Å². The van der Waals surface area contributed by atoms with Crippen LogP contribution in [0.4, 0.5) is 5.82 Å². The highest BCUT2D eigenvalue weighted by Gasteiger charge is 2.15. The summed E-state index contributed by atoms with van der Waals surface area (Å²) in [5.74, 6) is 1.45. The van der Waals surface area contributed by atoms with E-state index < -0.39 is 0 Å². The lowest BCUT2D eigenvalue weighted by molar-refractivity contribution is 0.316. The Morgan fingerprint density at radius 3 is 2.91 bits per heavy atom. The summed E-state index contributed by atoms with van der Waals surface area (Å²) in [5.41, 5.74) is 0. The molecule has 0 aromatic carbocycles. The van der Waals surface area contributed by atoms with Crippen LogP contribution in [0.5, 0.6) is 0 Å². The minimum Gasteiger partial charge on any atom is -0.367 e. The van der Waals surface area contributed by atoms with Crippen molar-refractivity contribution in [3.05, 3.63) is 53.2 Å². The zero-order valence-electron chi connectivity index (χ0n) is 12.5. The predicted octanol–water partition coefficient (Wildman–Crippen LogP) is 2.44. The molecule has 3 heterocycles. The number of thiophene rings is 1. The van der Waals surface area contributed by atoms with E-state index in [1.165, 1.54) is 4.88 Å². The van der Waals surface area contributed by atoms with Crippen LogP contribution in [-0.2, 0) is 0 Å². The maximum atomic E-state index is 4.54. The molecule has 0 spiro atoms. The van der Waals surface area contributed by atoms with Crippen LogP contribution in [0.25, 0.3) is 5.82 Å². The second-order valence-corrected chi connectivity index (χ2v) is 6.07. The lowest BCUT2D eigenvalue weighted by Crippen LogP contribution is -2.26. The Bertz CT molecular complexity index is 693. The summed E-state index contributed by atoms with van der Waals surface area (Å²) in [4.78, 5) is 12.3. The van der Waals surface area contributed by atoms with Gasteiger partial charge >= 0.3 is 0 Å². The highest BCUT2D eigenvalue weighted by molar-refractivity contribution is 7.10. The molecule has 0 saturated carbocycles. The van der Waals surface area contributed by atoms with Crippen LogP contribution in [0.3, 0.4) is 0 Å².